The van der Waals surface area contributed by atoms with Crippen LogP contribution in [0.5, 0.6) is 0 Å². The SMILES string of the molecule is N#Cc1ccc2nccc-2c2cncc-2c1. The first-order chi connectivity index (χ1) is 7.88. The molecule has 0 saturated carbocycles. The van der Waals surface area contributed by atoms with Gasteiger partial charge in [0, 0.05) is 35.3 Å². The Morgan fingerprint density at radius 1 is 1.06 bits per heavy atom. The van der Waals surface area contributed by atoms with Gasteiger partial charge in [-0.25, -0.2) is 0 Å². The second-order valence-electron chi connectivity index (χ2n) is 3.56. The summed E-state index contributed by atoms with van der Waals surface area (Å²) in [5.41, 5.74) is 4.56. The van der Waals surface area contributed by atoms with Gasteiger partial charge in [-0.3, -0.25) is 9.97 Å². The smallest absolute Gasteiger partial charge is 0.0991 e. The summed E-state index contributed by atoms with van der Waals surface area (Å²) >= 11 is 0. The van der Waals surface area contributed by atoms with Crippen molar-refractivity contribution in [1.82, 2.24) is 9.97 Å². The molecular weight excluding hydrogens is 198 g/mol. The molecule has 3 nitrogen and oxygen atoms in total. The van der Waals surface area contributed by atoms with Crippen molar-refractivity contribution in [3.8, 4) is 28.5 Å². The summed E-state index contributed by atoms with van der Waals surface area (Å²) < 4.78 is 0. The van der Waals surface area contributed by atoms with Crippen LogP contribution in [0.15, 0.2) is 42.9 Å². The minimum atomic E-state index is 0.614. The highest BCUT2D eigenvalue weighted by Crippen LogP contribution is 2.32. The molecule has 3 rings (SSSR count). The Hall–Kier alpha value is -2.47. The van der Waals surface area contributed by atoms with Gasteiger partial charge in [0.25, 0.3) is 0 Å². The molecule has 0 bridgehead atoms. The predicted molar refractivity (Wildman–Crippen MR) is 60.0 cm³/mol. The van der Waals surface area contributed by atoms with Gasteiger partial charge in [-0.05, 0) is 24.3 Å². The molecule has 16 heavy (non-hydrogen) atoms. The van der Waals surface area contributed by atoms with E-state index in [2.05, 4.69) is 16.0 Å². The Kier molecular flexibility index (Phi) is 1.81. The van der Waals surface area contributed by atoms with E-state index in [1.165, 1.54) is 0 Å². The molecule has 0 radical (unpaired) electrons. The van der Waals surface area contributed by atoms with Gasteiger partial charge in [0.1, 0.15) is 0 Å². The van der Waals surface area contributed by atoms with Crippen LogP contribution < -0.4 is 0 Å². The Morgan fingerprint density at radius 2 is 2.00 bits per heavy atom. The van der Waals surface area contributed by atoms with Crippen LogP contribution >= 0.6 is 0 Å². The highest BCUT2D eigenvalue weighted by molar-refractivity contribution is 5.82. The molecule has 0 N–H and O–H groups in total. The molecule has 0 aromatic carbocycles. The van der Waals surface area contributed by atoms with E-state index in [9.17, 15) is 0 Å². The molecule has 74 valence electrons. The Balaban J connectivity index is 2.42. The zero-order chi connectivity index (χ0) is 11.0. The lowest BCUT2D eigenvalue weighted by molar-refractivity contribution is 1.41. The van der Waals surface area contributed by atoms with Crippen molar-refractivity contribution in [2.75, 3.05) is 0 Å². The quantitative estimate of drug-likeness (QED) is 0.566. The molecule has 0 aromatic heterocycles. The van der Waals surface area contributed by atoms with E-state index in [4.69, 9.17) is 5.26 Å². The maximum Gasteiger partial charge on any atom is 0.0991 e. The van der Waals surface area contributed by atoms with Crippen molar-refractivity contribution >= 4 is 0 Å². The standard InChI is InChI=1S/C13H7N3/c14-6-9-1-2-13-11(3-4-16-13)12-8-15-7-10(12)5-9/h1-5,7-8H. The molecule has 0 saturated heterocycles. The zero-order valence-corrected chi connectivity index (χ0v) is 8.38. The van der Waals surface area contributed by atoms with Gasteiger partial charge >= 0.3 is 0 Å². The fourth-order valence-corrected chi connectivity index (χ4v) is 1.84. The zero-order valence-electron chi connectivity index (χ0n) is 8.38. The minimum absolute atomic E-state index is 0.614. The summed E-state index contributed by atoms with van der Waals surface area (Å²) in [7, 11) is 0. The topological polar surface area (TPSA) is 49.6 Å². The number of hydrogen-bond acceptors (Lipinski definition) is 3. The Labute approximate surface area is 92.7 Å². The Bertz CT molecular complexity index is 639. The summed E-state index contributed by atoms with van der Waals surface area (Å²) in [4.78, 5) is 8.38. The molecule has 0 unspecified atom stereocenters. The number of hydrogen-bond donors (Lipinski definition) is 0. The number of nitrogens with zero attached hydrogens (tertiary/aromatic N) is 3. The third kappa shape index (κ3) is 1.21. The van der Waals surface area contributed by atoms with Crippen LogP contribution in [-0.4, -0.2) is 9.97 Å². The highest BCUT2D eigenvalue weighted by Gasteiger charge is 2.11. The fourth-order valence-electron chi connectivity index (χ4n) is 1.84. The summed E-state index contributed by atoms with van der Waals surface area (Å²) in [6.45, 7) is 0. The third-order valence-electron chi connectivity index (χ3n) is 2.61. The molecule has 0 atom stereocenters. The lowest BCUT2D eigenvalue weighted by Crippen LogP contribution is -1.81. The van der Waals surface area contributed by atoms with E-state index in [-0.39, 0.29) is 0 Å². The molecule has 0 aromatic rings. The van der Waals surface area contributed by atoms with Crippen LogP contribution in [0.3, 0.4) is 0 Å². The maximum atomic E-state index is 8.96. The monoisotopic (exact) mass is 205 g/mol. The molecule has 0 amide bonds. The highest BCUT2D eigenvalue weighted by atomic mass is 14.7. The largest absolute Gasteiger partial charge is 0.263 e. The minimum Gasteiger partial charge on any atom is -0.263 e. The molecule has 3 heteroatoms. The normalized spacial score (nSPS) is 10.4. The first-order valence-corrected chi connectivity index (χ1v) is 4.91. The van der Waals surface area contributed by atoms with Gasteiger partial charge < -0.3 is 0 Å². The van der Waals surface area contributed by atoms with Crippen LogP contribution in [0.2, 0.25) is 0 Å². The van der Waals surface area contributed by atoms with Gasteiger partial charge in [-0.2, -0.15) is 5.26 Å². The van der Waals surface area contributed by atoms with Crippen molar-refractivity contribution in [1.29, 1.82) is 5.26 Å². The number of aromatic nitrogens is 2. The van der Waals surface area contributed by atoms with Crippen LogP contribution in [0.4, 0.5) is 0 Å². The lowest BCUT2D eigenvalue weighted by Gasteiger charge is -2.00. The van der Waals surface area contributed by atoms with Crippen LogP contribution in [0, 0.1) is 11.3 Å². The van der Waals surface area contributed by atoms with E-state index in [1.807, 2.05) is 18.2 Å². The van der Waals surface area contributed by atoms with Crippen LogP contribution in [-0.2, 0) is 0 Å². The number of rotatable bonds is 0. The third-order valence-corrected chi connectivity index (χ3v) is 2.61. The van der Waals surface area contributed by atoms with E-state index >= 15 is 0 Å². The fraction of sp³-hybridized carbons (Fsp3) is 0. The van der Waals surface area contributed by atoms with Crippen molar-refractivity contribution in [3.63, 3.8) is 0 Å². The second kappa shape index (κ2) is 3.28. The molecular formula is C13H7N3. The lowest BCUT2D eigenvalue weighted by atomic mass is 10.0. The van der Waals surface area contributed by atoms with E-state index in [1.54, 1.807) is 24.7 Å². The van der Waals surface area contributed by atoms with Crippen molar-refractivity contribution in [3.05, 3.63) is 48.4 Å². The van der Waals surface area contributed by atoms with Gasteiger partial charge in [0.15, 0.2) is 0 Å². The summed E-state index contributed by atoms with van der Waals surface area (Å²) in [6.07, 6.45) is 5.34. The van der Waals surface area contributed by atoms with Gasteiger partial charge in [-0.15, -0.1) is 0 Å². The number of nitriles is 1. The summed E-state index contributed by atoms with van der Waals surface area (Å²) in [5.74, 6) is 0. The van der Waals surface area contributed by atoms with Crippen LogP contribution in [0.1, 0.15) is 5.56 Å². The van der Waals surface area contributed by atoms with Gasteiger partial charge in [-0.1, -0.05) is 0 Å². The molecule has 2 aliphatic heterocycles. The van der Waals surface area contributed by atoms with Gasteiger partial charge in [0.2, 0.25) is 0 Å². The molecule has 0 fully saturated rings. The van der Waals surface area contributed by atoms with Crippen molar-refractivity contribution in [2.24, 2.45) is 0 Å². The Morgan fingerprint density at radius 3 is 2.88 bits per heavy atom. The van der Waals surface area contributed by atoms with Crippen molar-refractivity contribution in [2.45, 2.75) is 0 Å². The first kappa shape index (κ1) is 8.81. The van der Waals surface area contributed by atoms with E-state index in [0.29, 0.717) is 5.56 Å². The molecule has 0 spiro atoms. The average Bonchev–Trinajstić information content (AvgIpc) is 2.88. The summed E-state index contributed by atoms with van der Waals surface area (Å²) in [6, 6.07) is 9.59. The van der Waals surface area contributed by atoms with E-state index in [0.717, 1.165) is 22.4 Å². The molecule has 3 aliphatic rings. The molecule has 2 heterocycles. The second-order valence-corrected chi connectivity index (χ2v) is 3.56. The van der Waals surface area contributed by atoms with Crippen molar-refractivity contribution < 1.29 is 0 Å². The average molecular weight is 205 g/mol. The maximum absolute atomic E-state index is 8.96. The van der Waals surface area contributed by atoms with Gasteiger partial charge in [0.05, 0.1) is 17.3 Å². The first-order valence-electron chi connectivity index (χ1n) is 4.91. The van der Waals surface area contributed by atoms with E-state index < -0.39 is 0 Å². The summed E-state index contributed by atoms with van der Waals surface area (Å²) in [5, 5.41) is 8.96. The predicted octanol–water partition coefficient (Wildman–Crippen LogP) is 2.56. The molecule has 1 aliphatic carbocycles. The number of fused-ring (bicyclic) bond motifs is 3. The van der Waals surface area contributed by atoms with Crippen LogP contribution in [0.25, 0.3) is 22.4 Å².